The van der Waals surface area contributed by atoms with Gasteiger partial charge in [-0.1, -0.05) is 49.6 Å². The number of carbonyl (C=O) groups excluding carboxylic acids is 1. The molecule has 4 rings (SSSR count). The fraction of sp³-hybridized carbons (Fsp3) is 0.435. The minimum absolute atomic E-state index is 0.0935. The molecule has 2 aliphatic heterocycles. The molecule has 142 valence electrons. The van der Waals surface area contributed by atoms with Gasteiger partial charge in [0.25, 0.3) is 5.91 Å². The predicted molar refractivity (Wildman–Crippen MR) is 108 cm³/mol. The zero-order valence-electron chi connectivity index (χ0n) is 15.9. The van der Waals surface area contributed by atoms with E-state index < -0.39 is 0 Å². The summed E-state index contributed by atoms with van der Waals surface area (Å²) >= 11 is 0. The smallest absolute Gasteiger partial charge is 0.254 e. The Morgan fingerprint density at radius 2 is 1.78 bits per heavy atom. The molecule has 0 bridgehead atoms. The first-order valence-electron chi connectivity index (χ1n) is 9.78. The van der Waals surface area contributed by atoms with Crippen LogP contribution in [0.2, 0.25) is 0 Å². The molecule has 1 amide bonds. The minimum atomic E-state index is -0.199. The number of hydrogen-bond acceptors (Lipinski definition) is 3. The third kappa shape index (κ3) is 3.78. The van der Waals surface area contributed by atoms with Gasteiger partial charge in [-0.3, -0.25) is 9.69 Å². The molecule has 2 spiro atoms. The maximum Gasteiger partial charge on any atom is 0.254 e. The number of rotatable bonds is 6. The maximum atomic E-state index is 13.0. The van der Waals surface area contributed by atoms with Crippen LogP contribution in [0.1, 0.15) is 29.6 Å². The number of carbonyl (C=O) groups is 1. The Hall–Kier alpha value is -2.17. The van der Waals surface area contributed by atoms with E-state index in [1.807, 2.05) is 53.5 Å². The summed E-state index contributed by atoms with van der Waals surface area (Å²) in [6.07, 6.45) is 8.81. The van der Waals surface area contributed by atoms with E-state index in [9.17, 15) is 4.79 Å². The van der Waals surface area contributed by atoms with E-state index in [2.05, 4.69) is 18.1 Å². The lowest BCUT2D eigenvalue weighted by atomic mass is 9.89. The zero-order valence-corrected chi connectivity index (χ0v) is 15.9. The summed E-state index contributed by atoms with van der Waals surface area (Å²) in [7, 11) is 0. The lowest BCUT2D eigenvalue weighted by Crippen LogP contribution is -2.72. The van der Waals surface area contributed by atoms with Gasteiger partial charge in [0.15, 0.2) is 0 Å². The van der Waals surface area contributed by atoms with Crippen molar-refractivity contribution in [2.45, 2.75) is 30.5 Å². The monoisotopic (exact) mass is 364 g/mol. The van der Waals surface area contributed by atoms with Gasteiger partial charge in [-0.15, -0.1) is 0 Å². The fourth-order valence-corrected chi connectivity index (χ4v) is 4.37. The molecule has 2 heterocycles. The van der Waals surface area contributed by atoms with Crippen LogP contribution in [0.15, 0.2) is 67.3 Å². The molecule has 3 aliphatic rings. The van der Waals surface area contributed by atoms with Gasteiger partial charge in [0, 0.05) is 25.2 Å². The summed E-state index contributed by atoms with van der Waals surface area (Å²) < 4.78 is 6.55. The average Bonchev–Trinajstić information content (AvgIpc) is 3.41. The van der Waals surface area contributed by atoms with Crippen molar-refractivity contribution in [2.75, 3.05) is 32.7 Å². The Labute approximate surface area is 161 Å². The van der Waals surface area contributed by atoms with Crippen molar-refractivity contribution in [3.8, 4) is 0 Å². The Morgan fingerprint density at radius 1 is 1.07 bits per heavy atom. The number of benzene rings is 1. The maximum absolute atomic E-state index is 13.0. The van der Waals surface area contributed by atoms with E-state index in [1.54, 1.807) is 0 Å². The van der Waals surface area contributed by atoms with Gasteiger partial charge in [-0.05, 0) is 37.0 Å². The first-order valence-corrected chi connectivity index (χ1v) is 9.78. The van der Waals surface area contributed by atoms with E-state index in [-0.39, 0.29) is 17.1 Å². The third-order valence-electron chi connectivity index (χ3n) is 5.84. The number of hydrogen-bond donors (Lipinski definition) is 0. The standard InChI is InChI=1S/C23H28N2O2/c1-3-8-19(4-2)11-14-24-15-23(16-24)18-25(17-22(27-23)12-13-22)21(26)20-9-6-5-7-10-20/h3-10H,1-2,11-18H2/b19-8+. The highest BCUT2D eigenvalue weighted by Crippen LogP contribution is 2.49. The van der Waals surface area contributed by atoms with Crippen LogP contribution in [0.5, 0.6) is 0 Å². The average molecular weight is 364 g/mol. The number of nitrogens with zero attached hydrogens (tertiary/aromatic N) is 2. The van der Waals surface area contributed by atoms with Crippen LogP contribution < -0.4 is 0 Å². The fourth-order valence-electron chi connectivity index (χ4n) is 4.37. The van der Waals surface area contributed by atoms with Crippen molar-refractivity contribution >= 4 is 5.91 Å². The first-order chi connectivity index (χ1) is 13.1. The third-order valence-corrected chi connectivity index (χ3v) is 5.84. The summed E-state index contributed by atoms with van der Waals surface area (Å²) in [5.74, 6) is 0.130. The van der Waals surface area contributed by atoms with Crippen LogP contribution in [0.4, 0.5) is 0 Å². The molecule has 0 atom stereocenters. The SMILES string of the molecule is C=C/C=C(\C=C)CCN1CC2(C1)CN(C(=O)c1ccccc1)CC1(CC1)O2. The largest absolute Gasteiger partial charge is 0.362 e. The molecule has 4 heteroatoms. The van der Waals surface area contributed by atoms with Gasteiger partial charge < -0.3 is 9.64 Å². The zero-order chi connectivity index (χ0) is 18.9. The molecule has 2 saturated heterocycles. The van der Waals surface area contributed by atoms with Crippen molar-refractivity contribution in [3.63, 3.8) is 0 Å². The molecule has 4 nitrogen and oxygen atoms in total. The predicted octanol–water partition coefficient (Wildman–Crippen LogP) is 3.43. The van der Waals surface area contributed by atoms with E-state index in [0.29, 0.717) is 6.54 Å². The lowest BCUT2D eigenvalue weighted by molar-refractivity contribution is -0.219. The normalized spacial score (nSPS) is 23.1. The first kappa shape index (κ1) is 18.2. The minimum Gasteiger partial charge on any atom is -0.362 e. The van der Waals surface area contributed by atoms with E-state index in [0.717, 1.165) is 51.0 Å². The van der Waals surface area contributed by atoms with Crippen LogP contribution in [0, 0.1) is 0 Å². The second kappa shape index (κ2) is 7.10. The Morgan fingerprint density at radius 3 is 2.41 bits per heavy atom. The molecular formula is C23H28N2O2. The number of ether oxygens (including phenoxy) is 1. The van der Waals surface area contributed by atoms with E-state index >= 15 is 0 Å². The van der Waals surface area contributed by atoms with Crippen molar-refractivity contribution < 1.29 is 9.53 Å². The molecular weight excluding hydrogens is 336 g/mol. The van der Waals surface area contributed by atoms with Gasteiger partial charge in [0.2, 0.25) is 0 Å². The topological polar surface area (TPSA) is 32.8 Å². The summed E-state index contributed by atoms with van der Waals surface area (Å²) in [6, 6.07) is 9.60. The summed E-state index contributed by atoms with van der Waals surface area (Å²) in [5.41, 5.74) is 1.68. The van der Waals surface area contributed by atoms with Gasteiger partial charge in [-0.25, -0.2) is 0 Å². The Bertz CT molecular complexity index is 758. The quantitative estimate of drug-likeness (QED) is 0.725. The molecule has 1 aromatic rings. The summed E-state index contributed by atoms with van der Waals surface area (Å²) in [6.45, 7) is 11.8. The number of morpholine rings is 1. The second-order valence-corrected chi connectivity index (χ2v) is 8.14. The summed E-state index contributed by atoms with van der Waals surface area (Å²) in [5, 5.41) is 0. The molecule has 1 saturated carbocycles. The Kier molecular flexibility index (Phi) is 4.79. The summed E-state index contributed by atoms with van der Waals surface area (Å²) in [4.78, 5) is 17.4. The molecule has 3 fully saturated rings. The lowest BCUT2D eigenvalue weighted by Gasteiger charge is -2.56. The molecule has 1 aliphatic carbocycles. The number of allylic oxidation sites excluding steroid dienone is 3. The van der Waals surface area contributed by atoms with Crippen molar-refractivity contribution in [3.05, 3.63) is 72.9 Å². The molecule has 0 unspecified atom stereocenters. The van der Waals surface area contributed by atoms with Crippen LogP contribution in [0.25, 0.3) is 0 Å². The van der Waals surface area contributed by atoms with Crippen molar-refractivity contribution in [2.24, 2.45) is 0 Å². The van der Waals surface area contributed by atoms with Gasteiger partial charge >= 0.3 is 0 Å². The highest BCUT2D eigenvalue weighted by atomic mass is 16.5. The molecule has 0 aromatic heterocycles. The molecule has 27 heavy (non-hydrogen) atoms. The molecule has 1 aromatic carbocycles. The molecule has 0 radical (unpaired) electrons. The van der Waals surface area contributed by atoms with E-state index in [1.165, 1.54) is 5.57 Å². The van der Waals surface area contributed by atoms with Crippen molar-refractivity contribution in [1.82, 2.24) is 9.80 Å². The van der Waals surface area contributed by atoms with Gasteiger partial charge in [-0.2, -0.15) is 0 Å². The van der Waals surface area contributed by atoms with Crippen LogP contribution in [-0.4, -0.2) is 59.6 Å². The highest BCUT2D eigenvalue weighted by molar-refractivity contribution is 5.94. The molecule has 0 N–H and O–H groups in total. The second-order valence-electron chi connectivity index (χ2n) is 8.14. The number of likely N-dealkylation sites (tertiary alicyclic amines) is 1. The van der Waals surface area contributed by atoms with Crippen LogP contribution >= 0.6 is 0 Å². The van der Waals surface area contributed by atoms with Crippen LogP contribution in [0.3, 0.4) is 0 Å². The van der Waals surface area contributed by atoms with Crippen molar-refractivity contribution in [1.29, 1.82) is 0 Å². The van der Waals surface area contributed by atoms with Gasteiger partial charge in [0.05, 0.1) is 18.7 Å². The van der Waals surface area contributed by atoms with Crippen LogP contribution in [-0.2, 0) is 4.74 Å². The highest BCUT2D eigenvalue weighted by Gasteiger charge is 2.59. The van der Waals surface area contributed by atoms with E-state index in [4.69, 9.17) is 4.74 Å². The number of amides is 1. The Balaban J connectivity index is 1.39. The van der Waals surface area contributed by atoms with Gasteiger partial charge in [0.1, 0.15) is 5.60 Å².